The summed E-state index contributed by atoms with van der Waals surface area (Å²) in [6.07, 6.45) is 4.57. The van der Waals surface area contributed by atoms with Crippen LogP contribution in [0.4, 0.5) is 4.39 Å². The Labute approximate surface area is 204 Å². The fraction of sp³-hybridized carbons (Fsp3) is 0.667. The van der Waals surface area contributed by atoms with Gasteiger partial charge in [0, 0.05) is 50.5 Å². The number of hydrogen-bond acceptors (Lipinski definition) is 7. The van der Waals surface area contributed by atoms with Gasteiger partial charge in [0.1, 0.15) is 23.8 Å². The second-order valence-electron chi connectivity index (χ2n) is 9.29. The maximum Gasteiger partial charge on any atom is 0.156 e. The van der Waals surface area contributed by atoms with Crippen molar-refractivity contribution in [2.45, 2.75) is 80.5 Å². The zero-order valence-corrected chi connectivity index (χ0v) is 21.1. The number of methoxy groups -OCH3 is 1. The van der Waals surface area contributed by atoms with Gasteiger partial charge in [-0.05, 0) is 50.9 Å². The van der Waals surface area contributed by atoms with E-state index in [1.54, 1.807) is 25.4 Å². The van der Waals surface area contributed by atoms with E-state index in [1.807, 2.05) is 26.1 Å². The lowest BCUT2D eigenvalue weighted by Gasteiger charge is -2.36. The van der Waals surface area contributed by atoms with Crippen molar-refractivity contribution < 1.29 is 23.2 Å². The molecule has 1 aliphatic heterocycles. The molecule has 5 N–H and O–H groups in total. The molecule has 1 saturated carbocycles. The Kier molecular flexibility index (Phi) is 10.3. The molecule has 0 radical (unpaired) electrons. The highest BCUT2D eigenvalue weighted by Crippen LogP contribution is 2.25. The van der Waals surface area contributed by atoms with Gasteiger partial charge in [-0.3, -0.25) is 0 Å². The number of nitrogens with two attached hydrogens (primary N) is 1. The SMILES string of the molecule is COC(c1ccc(S(=O)NC2CC2)cc1)C(CF)N/C=C(\N)CCN(C)C1CC(C)OC(O)C1. The zero-order valence-electron chi connectivity index (χ0n) is 20.3. The monoisotopic (exact) mass is 498 g/mol. The Morgan fingerprint density at radius 1 is 1.38 bits per heavy atom. The lowest BCUT2D eigenvalue weighted by Crippen LogP contribution is -2.43. The molecular formula is C24H39FN4O4S. The molecule has 1 aromatic carbocycles. The van der Waals surface area contributed by atoms with E-state index in [-0.39, 0.29) is 12.1 Å². The van der Waals surface area contributed by atoms with Crippen molar-refractivity contribution in [2.75, 3.05) is 27.4 Å². The van der Waals surface area contributed by atoms with Crippen LogP contribution in [-0.2, 0) is 20.5 Å². The Bertz CT molecular complexity index is 814. The minimum Gasteiger partial charge on any atom is -0.401 e. The third kappa shape index (κ3) is 8.00. The molecule has 6 atom stereocenters. The van der Waals surface area contributed by atoms with Gasteiger partial charge < -0.3 is 30.5 Å². The van der Waals surface area contributed by atoms with Crippen LogP contribution in [0.1, 0.15) is 50.7 Å². The quantitative estimate of drug-likeness (QED) is 0.330. The molecule has 0 amide bonds. The topological polar surface area (TPSA) is 109 Å². The summed E-state index contributed by atoms with van der Waals surface area (Å²) in [5, 5.41) is 12.9. The van der Waals surface area contributed by atoms with E-state index in [0.717, 1.165) is 31.4 Å². The van der Waals surface area contributed by atoms with Gasteiger partial charge in [-0.2, -0.15) is 0 Å². The van der Waals surface area contributed by atoms with Crippen molar-refractivity contribution in [3.8, 4) is 0 Å². The highest BCUT2D eigenvalue weighted by atomic mass is 32.2. The third-order valence-electron chi connectivity index (χ3n) is 6.39. The lowest BCUT2D eigenvalue weighted by molar-refractivity contribution is -0.173. The molecule has 1 saturated heterocycles. The molecular weight excluding hydrogens is 459 g/mol. The van der Waals surface area contributed by atoms with Crippen molar-refractivity contribution >= 4 is 11.0 Å². The van der Waals surface area contributed by atoms with E-state index < -0.39 is 36.1 Å². The fourth-order valence-electron chi connectivity index (χ4n) is 4.17. The van der Waals surface area contributed by atoms with Crippen LogP contribution in [0.5, 0.6) is 0 Å². The fourth-order valence-corrected chi connectivity index (χ4v) is 5.23. The van der Waals surface area contributed by atoms with E-state index in [0.29, 0.717) is 29.5 Å². The number of nitrogens with zero attached hydrogens (tertiary/aromatic N) is 1. The molecule has 34 heavy (non-hydrogen) atoms. The van der Waals surface area contributed by atoms with E-state index in [4.69, 9.17) is 15.2 Å². The molecule has 1 heterocycles. The van der Waals surface area contributed by atoms with Crippen LogP contribution in [0.15, 0.2) is 41.1 Å². The van der Waals surface area contributed by atoms with Gasteiger partial charge in [-0.1, -0.05) is 12.1 Å². The number of alkyl halides is 1. The minimum atomic E-state index is -1.24. The maximum absolute atomic E-state index is 13.9. The molecule has 0 aromatic heterocycles. The zero-order chi connectivity index (χ0) is 24.7. The van der Waals surface area contributed by atoms with Crippen LogP contribution in [0.25, 0.3) is 0 Å². The first-order valence-electron chi connectivity index (χ1n) is 11.9. The van der Waals surface area contributed by atoms with Gasteiger partial charge in [0.2, 0.25) is 0 Å². The molecule has 0 spiro atoms. The average molecular weight is 499 g/mol. The number of halogens is 1. The van der Waals surface area contributed by atoms with E-state index in [2.05, 4.69) is 14.9 Å². The van der Waals surface area contributed by atoms with Crippen molar-refractivity contribution in [3.63, 3.8) is 0 Å². The molecule has 1 aliphatic carbocycles. The van der Waals surface area contributed by atoms with Crippen molar-refractivity contribution in [1.82, 2.24) is 14.9 Å². The highest BCUT2D eigenvalue weighted by molar-refractivity contribution is 7.83. The van der Waals surface area contributed by atoms with Crippen molar-refractivity contribution in [2.24, 2.45) is 5.73 Å². The van der Waals surface area contributed by atoms with Crippen molar-refractivity contribution in [3.05, 3.63) is 41.7 Å². The number of aliphatic hydroxyl groups is 1. The summed E-state index contributed by atoms with van der Waals surface area (Å²) >= 11 is 0. The number of benzene rings is 1. The van der Waals surface area contributed by atoms with Gasteiger partial charge in [0.25, 0.3) is 0 Å². The second-order valence-corrected chi connectivity index (χ2v) is 10.5. The highest BCUT2D eigenvalue weighted by Gasteiger charge is 2.28. The molecule has 8 nitrogen and oxygen atoms in total. The first-order valence-corrected chi connectivity index (χ1v) is 13.1. The summed E-state index contributed by atoms with van der Waals surface area (Å²) in [5.74, 6) is 0. The summed E-state index contributed by atoms with van der Waals surface area (Å²) in [4.78, 5) is 2.87. The Morgan fingerprint density at radius 3 is 2.68 bits per heavy atom. The van der Waals surface area contributed by atoms with Crippen LogP contribution in [-0.4, -0.2) is 72.1 Å². The third-order valence-corrected chi connectivity index (χ3v) is 7.63. The maximum atomic E-state index is 13.9. The number of nitrogens with one attached hydrogen (secondary N) is 2. The van der Waals surface area contributed by atoms with Crippen LogP contribution in [0.3, 0.4) is 0 Å². The summed E-state index contributed by atoms with van der Waals surface area (Å²) in [7, 11) is 2.31. The molecule has 2 fully saturated rings. The molecule has 3 rings (SSSR count). The van der Waals surface area contributed by atoms with Crippen LogP contribution in [0.2, 0.25) is 0 Å². The number of hydrogen-bond donors (Lipinski definition) is 4. The number of rotatable bonds is 13. The predicted molar refractivity (Wildman–Crippen MR) is 131 cm³/mol. The summed E-state index contributed by atoms with van der Waals surface area (Å²) in [5.41, 5.74) is 7.59. The molecule has 2 aliphatic rings. The summed E-state index contributed by atoms with van der Waals surface area (Å²) in [6, 6.07) is 7.18. The average Bonchev–Trinajstić information content (AvgIpc) is 3.63. The normalized spacial score (nSPS) is 26.3. The van der Waals surface area contributed by atoms with Gasteiger partial charge in [0.05, 0.1) is 17.0 Å². The van der Waals surface area contributed by atoms with E-state index >= 15 is 0 Å². The van der Waals surface area contributed by atoms with Gasteiger partial charge in [-0.25, -0.2) is 13.3 Å². The standard InChI is InChI=1S/C24H39FN4O4S/c1-16-12-20(13-23(30)33-16)29(2)11-10-18(26)15-27-22(14-25)24(32-3)17-4-8-21(9-5-17)34(31)28-19-6-7-19/h4-5,8-9,15-16,19-20,22-24,27-28,30H,6-7,10-14,26H2,1-3H3/b18-15-. The molecule has 10 heteroatoms. The smallest absolute Gasteiger partial charge is 0.156 e. The Balaban J connectivity index is 1.52. The molecule has 6 unspecified atom stereocenters. The Hall–Kier alpha value is -1.56. The molecule has 1 aromatic rings. The predicted octanol–water partition coefficient (Wildman–Crippen LogP) is 2.08. The van der Waals surface area contributed by atoms with Crippen LogP contribution < -0.4 is 15.8 Å². The molecule has 192 valence electrons. The number of aliphatic hydroxyl groups excluding tert-OH is 1. The van der Waals surface area contributed by atoms with E-state index in [1.165, 1.54) is 0 Å². The lowest BCUT2D eigenvalue weighted by atomic mass is 10.0. The van der Waals surface area contributed by atoms with Crippen LogP contribution in [0, 0.1) is 0 Å². The van der Waals surface area contributed by atoms with E-state index in [9.17, 15) is 13.7 Å². The van der Waals surface area contributed by atoms with Gasteiger partial charge in [0.15, 0.2) is 6.29 Å². The molecule has 0 bridgehead atoms. The van der Waals surface area contributed by atoms with Crippen molar-refractivity contribution in [1.29, 1.82) is 0 Å². The number of ether oxygens (including phenoxy) is 2. The van der Waals surface area contributed by atoms with Gasteiger partial charge in [-0.15, -0.1) is 0 Å². The first kappa shape index (κ1) is 27.0. The van der Waals surface area contributed by atoms with Gasteiger partial charge >= 0.3 is 0 Å². The van der Waals surface area contributed by atoms with Crippen LogP contribution >= 0.6 is 0 Å². The Morgan fingerprint density at radius 2 is 2.09 bits per heavy atom. The largest absolute Gasteiger partial charge is 0.401 e. The minimum absolute atomic E-state index is 0.0190. The summed E-state index contributed by atoms with van der Waals surface area (Å²) in [6.45, 7) is 2.04. The second kappa shape index (κ2) is 12.9. The first-order chi connectivity index (χ1) is 16.3. The summed E-state index contributed by atoms with van der Waals surface area (Å²) < 4.78 is 40.3.